The number of amides is 2. The lowest BCUT2D eigenvalue weighted by molar-refractivity contribution is 0.0652. The van der Waals surface area contributed by atoms with E-state index in [0.717, 1.165) is 58.1 Å². The third-order valence-electron chi connectivity index (χ3n) is 5.41. The van der Waals surface area contributed by atoms with Crippen LogP contribution in [0.4, 0.5) is 0 Å². The lowest BCUT2D eigenvalue weighted by Gasteiger charge is -2.21. The Morgan fingerprint density at radius 3 is 2.50 bits per heavy atom. The average molecular weight is 528 g/mol. The molecule has 166 valence electrons. The van der Waals surface area contributed by atoms with E-state index in [1.807, 2.05) is 6.92 Å². The maximum absolute atomic E-state index is 12.4. The van der Waals surface area contributed by atoms with Gasteiger partial charge in [0.1, 0.15) is 0 Å². The summed E-state index contributed by atoms with van der Waals surface area (Å²) in [6.45, 7) is 9.60. The van der Waals surface area contributed by atoms with Crippen LogP contribution in [-0.2, 0) is 4.74 Å². The van der Waals surface area contributed by atoms with Gasteiger partial charge in [0, 0.05) is 45.2 Å². The number of nitrogens with one attached hydrogen (secondary N) is 1. The number of guanidine groups is 1. The summed E-state index contributed by atoms with van der Waals surface area (Å²) >= 11 is 0. The van der Waals surface area contributed by atoms with E-state index in [1.54, 1.807) is 24.3 Å². The molecule has 1 atom stereocenters. The molecule has 7 nitrogen and oxygen atoms in total. The van der Waals surface area contributed by atoms with E-state index in [-0.39, 0.29) is 35.8 Å². The minimum absolute atomic E-state index is 0. The lowest BCUT2D eigenvalue weighted by atomic mass is 10.1. The van der Waals surface area contributed by atoms with E-state index >= 15 is 0 Å². The molecule has 1 fully saturated rings. The highest BCUT2D eigenvalue weighted by Gasteiger charge is 2.34. The molecule has 1 saturated heterocycles. The van der Waals surface area contributed by atoms with Gasteiger partial charge in [0.2, 0.25) is 0 Å². The second-order valence-corrected chi connectivity index (χ2v) is 7.51. The Kier molecular flexibility index (Phi) is 10.0. The van der Waals surface area contributed by atoms with Crippen molar-refractivity contribution in [1.82, 2.24) is 15.1 Å². The van der Waals surface area contributed by atoms with Crippen molar-refractivity contribution in [2.45, 2.75) is 33.1 Å². The number of carbonyl (C=O) groups excluding carboxylic acids is 2. The van der Waals surface area contributed by atoms with Crippen molar-refractivity contribution in [1.29, 1.82) is 0 Å². The van der Waals surface area contributed by atoms with E-state index in [9.17, 15) is 9.59 Å². The summed E-state index contributed by atoms with van der Waals surface area (Å²) in [5, 5.41) is 3.38. The van der Waals surface area contributed by atoms with Gasteiger partial charge in [0.25, 0.3) is 11.8 Å². The van der Waals surface area contributed by atoms with Crippen LogP contribution in [0.2, 0.25) is 0 Å². The predicted molar refractivity (Wildman–Crippen MR) is 129 cm³/mol. The molecule has 3 rings (SSSR count). The van der Waals surface area contributed by atoms with Crippen molar-refractivity contribution < 1.29 is 14.3 Å². The number of hydrogen-bond donors (Lipinski definition) is 1. The fraction of sp³-hybridized carbons (Fsp3) is 0.591. The number of ether oxygens (including phenoxy) is 1. The lowest BCUT2D eigenvalue weighted by Crippen LogP contribution is -2.40. The molecule has 2 amide bonds. The molecule has 0 saturated carbocycles. The molecular formula is C22H33IN4O3. The van der Waals surface area contributed by atoms with Crippen LogP contribution in [0.25, 0.3) is 0 Å². The fourth-order valence-corrected chi connectivity index (χ4v) is 3.88. The molecule has 0 bridgehead atoms. The van der Waals surface area contributed by atoms with Crippen molar-refractivity contribution >= 4 is 41.8 Å². The van der Waals surface area contributed by atoms with Gasteiger partial charge in [-0.1, -0.05) is 12.1 Å². The molecule has 1 unspecified atom stereocenters. The van der Waals surface area contributed by atoms with Crippen molar-refractivity contribution in [3.8, 4) is 0 Å². The minimum Gasteiger partial charge on any atom is -0.381 e. The van der Waals surface area contributed by atoms with Gasteiger partial charge in [-0.25, -0.2) is 0 Å². The molecule has 0 aromatic heterocycles. The van der Waals surface area contributed by atoms with E-state index in [4.69, 9.17) is 9.73 Å². The first kappa shape index (κ1) is 24.6. The normalized spacial score (nSPS) is 18.6. The highest BCUT2D eigenvalue weighted by Crippen LogP contribution is 2.22. The number of rotatable bonds is 9. The summed E-state index contributed by atoms with van der Waals surface area (Å²) in [4.78, 5) is 33.2. The Morgan fingerprint density at radius 1 is 1.17 bits per heavy atom. The Bertz CT molecular complexity index is 721. The summed E-state index contributed by atoms with van der Waals surface area (Å²) in [7, 11) is 0. The smallest absolute Gasteiger partial charge is 0.261 e. The summed E-state index contributed by atoms with van der Waals surface area (Å²) in [6.07, 6.45) is 2.71. The van der Waals surface area contributed by atoms with Gasteiger partial charge in [-0.15, -0.1) is 24.0 Å². The summed E-state index contributed by atoms with van der Waals surface area (Å²) in [5.74, 6) is 1.15. The van der Waals surface area contributed by atoms with E-state index in [0.29, 0.717) is 30.1 Å². The number of imide groups is 1. The molecule has 2 aliphatic rings. The van der Waals surface area contributed by atoms with Gasteiger partial charge in [-0.2, -0.15) is 0 Å². The third kappa shape index (κ3) is 5.94. The second-order valence-electron chi connectivity index (χ2n) is 7.51. The highest BCUT2D eigenvalue weighted by molar-refractivity contribution is 14.0. The zero-order chi connectivity index (χ0) is 20.6. The fourth-order valence-electron chi connectivity index (χ4n) is 3.88. The Morgan fingerprint density at radius 2 is 1.87 bits per heavy atom. The molecule has 0 spiro atoms. The van der Waals surface area contributed by atoms with Crippen LogP contribution in [0.15, 0.2) is 29.3 Å². The van der Waals surface area contributed by atoms with Crippen LogP contribution < -0.4 is 5.32 Å². The molecule has 0 radical (unpaired) electrons. The third-order valence-corrected chi connectivity index (χ3v) is 5.41. The monoisotopic (exact) mass is 528 g/mol. The number of aliphatic imine (C=N–C) groups is 1. The molecule has 1 aromatic carbocycles. The van der Waals surface area contributed by atoms with Gasteiger partial charge < -0.3 is 15.0 Å². The topological polar surface area (TPSA) is 74.2 Å². The van der Waals surface area contributed by atoms with Gasteiger partial charge in [0.05, 0.1) is 17.7 Å². The largest absolute Gasteiger partial charge is 0.381 e. The van der Waals surface area contributed by atoms with Gasteiger partial charge >= 0.3 is 0 Å². The minimum atomic E-state index is -0.181. The quantitative estimate of drug-likeness (QED) is 0.176. The van der Waals surface area contributed by atoms with Crippen molar-refractivity contribution in [3.63, 3.8) is 0 Å². The van der Waals surface area contributed by atoms with Crippen LogP contribution in [0.1, 0.15) is 53.8 Å². The van der Waals surface area contributed by atoms with Crippen LogP contribution in [0, 0.1) is 5.92 Å². The number of unbranched alkanes of at least 4 members (excludes halogenated alkanes) is 1. The van der Waals surface area contributed by atoms with E-state index < -0.39 is 0 Å². The Hall–Kier alpha value is -1.68. The molecule has 8 heteroatoms. The summed E-state index contributed by atoms with van der Waals surface area (Å²) in [6, 6.07) is 7.03. The number of nitrogens with zero attached hydrogens (tertiary/aromatic N) is 3. The number of likely N-dealkylation sites (tertiary alicyclic amines) is 1. The Labute approximate surface area is 196 Å². The number of benzene rings is 1. The molecular weight excluding hydrogens is 495 g/mol. The van der Waals surface area contributed by atoms with Crippen molar-refractivity contribution in [2.75, 3.05) is 45.9 Å². The zero-order valence-corrected chi connectivity index (χ0v) is 20.3. The zero-order valence-electron chi connectivity index (χ0n) is 17.9. The number of hydrogen-bond acceptors (Lipinski definition) is 4. The first-order valence-electron chi connectivity index (χ1n) is 10.7. The van der Waals surface area contributed by atoms with Crippen molar-refractivity contribution in [3.05, 3.63) is 35.4 Å². The molecule has 0 aliphatic carbocycles. The standard InChI is InChI=1S/C22H32N4O3.HI/c1-3-23-22(25-14-11-17(15-25)16-29-4-2)24-12-7-8-13-26-20(27)18-9-5-6-10-19(18)21(26)28;/h5-6,9-10,17H,3-4,7-8,11-16H2,1-2H3,(H,23,24);1H. The van der Waals surface area contributed by atoms with Gasteiger partial charge in [0.15, 0.2) is 5.96 Å². The summed E-state index contributed by atoms with van der Waals surface area (Å²) < 4.78 is 5.56. The first-order chi connectivity index (χ1) is 14.2. The average Bonchev–Trinajstić information content (AvgIpc) is 3.30. The van der Waals surface area contributed by atoms with Crippen LogP contribution in [-0.4, -0.2) is 73.5 Å². The molecule has 1 aromatic rings. The molecule has 2 heterocycles. The van der Waals surface area contributed by atoms with Crippen LogP contribution in [0.5, 0.6) is 0 Å². The number of halogens is 1. The van der Waals surface area contributed by atoms with Gasteiger partial charge in [-0.3, -0.25) is 19.5 Å². The molecule has 1 N–H and O–H groups in total. The second kappa shape index (κ2) is 12.2. The SMILES string of the molecule is CCNC(=NCCCCN1C(=O)c2ccccc2C1=O)N1CCC(COCC)C1.I. The van der Waals surface area contributed by atoms with Crippen LogP contribution >= 0.6 is 24.0 Å². The number of carbonyl (C=O) groups is 2. The van der Waals surface area contributed by atoms with E-state index in [1.165, 1.54) is 4.90 Å². The Balaban J connectivity index is 0.00000320. The first-order valence-corrected chi connectivity index (χ1v) is 10.7. The molecule has 2 aliphatic heterocycles. The maximum atomic E-state index is 12.4. The van der Waals surface area contributed by atoms with Crippen molar-refractivity contribution in [2.24, 2.45) is 10.9 Å². The maximum Gasteiger partial charge on any atom is 0.261 e. The summed E-state index contributed by atoms with van der Waals surface area (Å²) in [5.41, 5.74) is 1.03. The highest BCUT2D eigenvalue weighted by atomic mass is 127. The van der Waals surface area contributed by atoms with Gasteiger partial charge in [-0.05, 0) is 45.2 Å². The predicted octanol–water partition coefficient (Wildman–Crippen LogP) is 3.00. The van der Waals surface area contributed by atoms with Crippen LogP contribution in [0.3, 0.4) is 0 Å². The van der Waals surface area contributed by atoms with E-state index in [2.05, 4.69) is 17.1 Å². The molecule has 30 heavy (non-hydrogen) atoms. The number of fused-ring (bicyclic) bond motifs is 1.